The van der Waals surface area contributed by atoms with Crippen LogP contribution in [-0.4, -0.2) is 31.5 Å². The first kappa shape index (κ1) is 5.01. The molecule has 1 unspecified atom stereocenters. The first-order valence-corrected chi connectivity index (χ1v) is 4.75. The molecule has 1 rings (SSSR count). The fourth-order valence-electron chi connectivity index (χ4n) is 0.950. The number of nitrogens with one attached hydrogen (secondary N) is 2. The van der Waals surface area contributed by atoms with Crippen LogP contribution in [0.3, 0.4) is 0 Å². The van der Waals surface area contributed by atoms with E-state index in [0.717, 1.165) is 6.92 Å². The Balaban J connectivity index is 3.34. The highest BCUT2D eigenvalue weighted by Gasteiger charge is 2.18. The van der Waals surface area contributed by atoms with Gasteiger partial charge in [-0.15, -0.1) is 0 Å². The van der Waals surface area contributed by atoms with E-state index >= 15 is 0 Å². The van der Waals surface area contributed by atoms with E-state index in [9.17, 15) is 9.59 Å². The van der Waals surface area contributed by atoms with Crippen LogP contribution < -0.4 is 10.6 Å². The van der Waals surface area contributed by atoms with Crippen LogP contribution in [0.4, 0.5) is 0 Å². The highest BCUT2D eigenvalue weighted by atomic mass is 16.5. The Labute approximate surface area is 122 Å². The summed E-state index contributed by atoms with van der Waals surface area (Å²) in [5.74, 6) is -2.48. The summed E-state index contributed by atoms with van der Waals surface area (Å²) in [6.45, 7) is -3.32. The number of ether oxygens (including phenoxy) is 1. The van der Waals surface area contributed by atoms with Crippen LogP contribution in [0.25, 0.3) is 0 Å². The zero-order chi connectivity index (χ0) is 22.9. The zero-order valence-electron chi connectivity index (χ0n) is 20.4. The lowest BCUT2D eigenvalue weighted by molar-refractivity contribution is -0.129. The quantitative estimate of drug-likeness (QED) is 0.781. The summed E-state index contributed by atoms with van der Waals surface area (Å²) in [7, 11) is -3.02. The topological polar surface area (TPSA) is 67.4 Å². The van der Waals surface area contributed by atoms with Crippen molar-refractivity contribution in [1.82, 2.24) is 10.6 Å². The molecule has 0 aliphatic carbocycles. The first-order valence-electron chi connectivity index (χ1n) is 10.3. The van der Waals surface area contributed by atoms with Crippen LogP contribution in [0.15, 0.2) is 30.2 Å². The Bertz CT molecular complexity index is 798. The molecule has 5 heteroatoms. The van der Waals surface area contributed by atoms with Gasteiger partial charge in [0.1, 0.15) is 6.02 Å². The van der Waals surface area contributed by atoms with Gasteiger partial charge in [-0.25, -0.2) is 0 Å². The van der Waals surface area contributed by atoms with E-state index in [2.05, 4.69) is 4.74 Å². The predicted octanol–water partition coefficient (Wildman–Crippen LogP) is 0.454. The van der Waals surface area contributed by atoms with E-state index < -0.39 is 73.7 Å². The molecule has 0 saturated carbocycles. The Morgan fingerprint density at radius 2 is 2.28 bits per heavy atom. The molecule has 0 heterocycles. The fourth-order valence-corrected chi connectivity index (χ4v) is 0.950. The number of rotatable bonds is 6. The van der Waals surface area contributed by atoms with E-state index in [1.165, 1.54) is 0 Å². The average Bonchev–Trinajstić information content (AvgIpc) is 2.54. The summed E-state index contributed by atoms with van der Waals surface area (Å²) >= 11 is 0. The van der Waals surface area contributed by atoms with Gasteiger partial charge >= 0.3 is 0 Å². The van der Waals surface area contributed by atoms with Gasteiger partial charge < -0.3 is 15.4 Å². The maximum absolute atomic E-state index is 12.5. The third-order valence-corrected chi connectivity index (χ3v) is 1.62. The monoisotopic (exact) mass is 261 g/mol. The van der Waals surface area contributed by atoms with E-state index in [-0.39, 0.29) is 0 Å². The smallest absolute Gasteiger partial charge is 0.245 e. The van der Waals surface area contributed by atoms with Crippen molar-refractivity contribution in [2.75, 3.05) is 13.6 Å². The van der Waals surface area contributed by atoms with Gasteiger partial charge in [-0.2, -0.15) is 0 Å². The van der Waals surface area contributed by atoms with E-state index in [1.54, 1.807) is 5.32 Å². The molecular formula is C13H18N2O3. The summed E-state index contributed by atoms with van der Waals surface area (Å²) in [5, 5.41) is 3.51. The summed E-state index contributed by atoms with van der Waals surface area (Å²) in [4.78, 5) is 23.8. The van der Waals surface area contributed by atoms with Crippen LogP contribution in [0.2, 0.25) is 0 Å². The van der Waals surface area contributed by atoms with Crippen molar-refractivity contribution in [2.45, 2.75) is 19.4 Å². The third-order valence-electron chi connectivity index (χ3n) is 1.62. The van der Waals surface area contributed by atoms with Crippen LogP contribution in [-0.2, 0) is 20.8 Å². The lowest BCUT2D eigenvalue weighted by Gasteiger charge is -2.16. The summed E-state index contributed by atoms with van der Waals surface area (Å²) < 4.78 is 87.6. The highest BCUT2D eigenvalue weighted by molar-refractivity contribution is 5.86. The highest BCUT2D eigenvalue weighted by Crippen LogP contribution is 1.97. The van der Waals surface area contributed by atoms with Gasteiger partial charge in [0.2, 0.25) is 11.8 Å². The van der Waals surface area contributed by atoms with Gasteiger partial charge in [0, 0.05) is 20.5 Å². The minimum atomic E-state index is -3.07. The predicted molar refractivity (Wildman–Crippen MR) is 67.8 cm³/mol. The van der Waals surface area contributed by atoms with E-state index in [4.69, 9.17) is 15.1 Å². The second kappa shape index (κ2) is 7.45. The second-order valence-electron chi connectivity index (χ2n) is 3.03. The molecule has 98 valence electrons. The number of carbonyl (C=O) groups is 2. The fraction of sp³-hybridized carbons (Fsp3) is 0.385. The van der Waals surface area contributed by atoms with Gasteiger partial charge in [-0.05, 0) is 5.56 Å². The molecule has 18 heavy (non-hydrogen) atoms. The Hall–Kier alpha value is -1.88. The van der Waals surface area contributed by atoms with Gasteiger partial charge in [0.15, 0.2) is 0 Å². The van der Waals surface area contributed by atoms with Crippen molar-refractivity contribution in [3.8, 4) is 0 Å². The van der Waals surface area contributed by atoms with Gasteiger partial charge in [0.05, 0.1) is 21.7 Å². The molecule has 5 nitrogen and oxygen atoms in total. The Morgan fingerprint density at radius 3 is 2.89 bits per heavy atom. The molecule has 0 fully saturated rings. The van der Waals surface area contributed by atoms with Crippen LogP contribution >= 0.6 is 0 Å². The zero-order valence-corrected chi connectivity index (χ0v) is 9.43. The number of benzene rings is 1. The van der Waals surface area contributed by atoms with Gasteiger partial charge in [-0.1, -0.05) is 30.2 Å². The molecule has 1 aromatic carbocycles. The molecule has 1 atom stereocenters. The lowest BCUT2D eigenvalue weighted by Crippen LogP contribution is -2.48. The number of hydrogen-bond acceptors (Lipinski definition) is 3. The summed E-state index contributed by atoms with van der Waals surface area (Å²) in [6.07, 6.45) is 0. The molecule has 0 saturated heterocycles. The largest absolute Gasteiger partial charge is 0.382 e. The maximum Gasteiger partial charge on any atom is 0.245 e. The standard InChI is InChI=1S/C13H18N2O3/c1-10(16)15-12(9-18-2)13(17)14-8-11-6-4-3-5-7-11/h3-7,12H,8-9H2,1-2H3,(H,14,17)(H,15,16)/i2D3,3D,4D,5D,6D,7D,8D2,12D. The van der Waals surface area contributed by atoms with Crippen molar-refractivity contribution in [3.05, 3.63) is 35.8 Å². The molecule has 0 spiro atoms. The molecule has 0 aliphatic heterocycles. The summed E-state index contributed by atoms with van der Waals surface area (Å²) in [6, 6.07) is -7.08. The normalized spacial score (nSPS) is 23.7. The Morgan fingerprint density at radius 1 is 1.56 bits per heavy atom. The van der Waals surface area contributed by atoms with Crippen LogP contribution in [0, 0.1) is 0 Å². The Kier molecular flexibility index (Phi) is 2.07. The average molecular weight is 261 g/mol. The lowest BCUT2D eigenvalue weighted by atomic mass is 10.2. The van der Waals surface area contributed by atoms with Crippen molar-refractivity contribution >= 4 is 11.8 Å². The number of methoxy groups -OCH3 is 1. The van der Waals surface area contributed by atoms with Crippen molar-refractivity contribution in [2.24, 2.45) is 0 Å². The van der Waals surface area contributed by atoms with Gasteiger partial charge in [-0.3, -0.25) is 9.59 Å². The molecule has 2 amide bonds. The number of carbonyl (C=O) groups excluding carboxylic acids is 2. The third kappa shape index (κ3) is 4.97. The number of amides is 2. The molecule has 0 bridgehead atoms. The minimum Gasteiger partial charge on any atom is -0.382 e. The first-order chi connectivity index (χ1) is 12.9. The molecule has 0 radical (unpaired) electrons. The minimum absolute atomic E-state index is 0.773. The van der Waals surface area contributed by atoms with Gasteiger partial charge in [0.25, 0.3) is 0 Å². The molecule has 1 aromatic rings. The summed E-state index contributed by atoms with van der Waals surface area (Å²) in [5.41, 5.74) is -0.904. The molecule has 2 N–H and O–H groups in total. The van der Waals surface area contributed by atoms with Crippen LogP contribution in [0.5, 0.6) is 0 Å². The molecular weight excluding hydrogens is 232 g/mol. The SMILES string of the molecule is [2H]c1c([2H])c([2H])c(C([2H])([2H])NC(=O)C([2H])(COC([2H])([2H])[2H])NC(C)=O)c([2H])c1[2H]. The van der Waals surface area contributed by atoms with E-state index in [1.807, 2.05) is 5.32 Å². The molecule has 0 aromatic heterocycles. The number of hydrogen-bond donors (Lipinski definition) is 2. The van der Waals surface area contributed by atoms with Crippen molar-refractivity contribution in [3.63, 3.8) is 0 Å². The van der Waals surface area contributed by atoms with Crippen molar-refractivity contribution < 1.29 is 29.4 Å². The second-order valence-corrected chi connectivity index (χ2v) is 3.03. The van der Waals surface area contributed by atoms with Crippen molar-refractivity contribution in [1.29, 1.82) is 0 Å². The maximum atomic E-state index is 12.5. The van der Waals surface area contributed by atoms with E-state index in [0.29, 0.717) is 0 Å². The molecule has 0 aliphatic rings. The van der Waals surface area contributed by atoms with Crippen LogP contribution in [0.1, 0.15) is 27.6 Å².